The SMILES string of the molecule is Cc1cccc(NC(=O)CN2CCN(C(=O)CCc3ncc(-c4ccc(Cl)cc4)o3)CC2)c1C. The third-order valence-electron chi connectivity index (χ3n) is 6.21. The van der Waals surface area contributed by atoms with Crippen LogP contribution in [0.2, 0.25) is 5.02 Å². The molecule has 1 fully saturated rings. The molecule has 0 aliphatic carbocycles. The molecule has 0 unspecified atom stereocenters. The van der Waals surface area contributed by atoms with Crippen molar-refractivity contribution in [1.29, 1.82) is 0 Å². The molecule has 0 spiro atoms. The maximum absolute atomic E-state index is 12.7. The fourth-order valence-corrected chi connectivity index (χ4v) is 4.11. The van der Waals surface area contributed by atoms with Crippen LogP contribution in [0.3, 0.4) is 0 Å². The van der Waals surface area contributed by atoms with Crippen molar-refractivity contribution in [2.75, 3.05) is 38.0 Å². The van der Waals surface area contributed by atoms with Gasteiger partial charge in [-0.05, 0) is 55.3 Å². The summed E-state index contributed by atoms with van der Waals surface area (Å²) in [6.45, 7) is 6.92. The summed E-state index contributed by atoms with van der Waals surface area (Å²) in [5, 5.41) is 3.67. The van der Waals surface area contributed by atoms with Gasteiger partial charge in [-0.25, -0.2) is 4.98 Å². The van der Waals surface area contributed by atoms with Crippen molar-refractivity contribution in [1.82, 2.24) is 14.8 Å². The van der Waals surface area contributed by atoms with Crippen LogP contribution in [-0.2, 0) is 16.0 Å². The lowest BCUT2D eigenvalue weighted by atomic mass is 10.1. The fourth-order valence-electron chi connectivity index (χ4n) is 3.98. The maximum Gasteiger partial charge on any atom is 0.238 e. The van der Waals surface area contributed by atoms with Gasteiger partial charge in [-0.3, -0.25) is 14.5 Å². The van der Waals surface area contributed by atoms with Crippen LogP contribution in [0.25, 0.3) is 11.3 Å². The van der Waals surface area contributed by atoms with E-state index in [1.165, 1.54) is 0 Å². The number of piperazine rings is 1. The highest BCUT2D eigenvalue weighted by Gasteiger charge is 2.23. The van der Waals surface area contributed by atoms with Crippen LogP contribution in [0, 0.1) is 13.8 Å². The number of aryl methyl sites for hydroxylation is 2. The zero-order valence-electron chi connectivity index (χ0n) is 19.5. The standard InChI is InChI=1S/C26H29ClN4O3/c1-18-4-3-5-22(19(18)2)29-24(32)17-30-12-14-31(15-13-30)26(33)11-10-25-28-16-23(34-25)20-6-8-21(27)9-7-20/h3-9,16H,10-15,17H2,1-2H3,(H,29,32). The Morgan fingerprint density at radius 1 is 1.06 bits per heavy atom. The van der Waals surface area contributed by atoms with Crippen molar-refractivity contribution in [2.24, 2.45) is 0 Å². The molecule has 7 nitrogen and oxygen atoms in total. The number of nitrogens with zero attached hydrogens (tertiary/aromatic N) is 3. The van der Waals surface area contributed by atoms with E-state index in [4.69, 9.17) is 16.0 Å². The van der Waals surface area contributed by atoms with E-state index in [-0.39, 0.29) is 11.8 Å². The number of benzene rings is 2. The number of anilines is 1. The normalized spacial score (nSPS) is 14.3. The monoisotopic (exact) mass is 480 g/mol. The van der Waals surface area contributed by atoms with E-state index in [0.717, 1.165) is 22.4 Å². The summed E-state index contributed by atoms with van der Waals surface area (Å²) < 4.78 is 5.80. The number of hydrogen-bond donors (Lipinski definition) is 1. The number of oxazole rings is 1. The first kappa shape index (κ1) is 24.0. The molecule has 8 heteroatoms. The molecule has 3 aromatic rings. The Morgan fingerprint density at radius 3 is 2.53 bits per heavy atom. The van der Waals surface area contributed by atoms with Crippen LogP contribution in [-0.4, -0.2) is 59.3 Å². The van der Waals surface area contributed by atoms with Gasteiger partial charge in [0.25, 0.3) is 0 Å². The second-order valence-electron chi connectivity index (χ2n) is 8.58. The van der Waals surface area contributed by atoms with Gasteiger partial charge in [0.15, 0.2) is 11.7 Å². The third-order valence-corrected chi connectivity index (χ3v) is 6.46. The van der Waals surface area contributed by atoms with Crippen molar-refractivity contribution >= 4 is 29.1 Å². The Hall–Kier alpha value is -3.16. The van der Waals surface area contributed by atoms with E-state index >= 15 is 0 Å². The van der Waals surface area contributed by atoms with E-state index in [9.17, 15) is 9.59 Å². The molecule has 1 saturated heterocycles. The Morgan fingerprint density at radius 2 is 1.79 bits per heavy atom. The zero-order chi connectivity index (χ0) is 24.1. The van der Waals surface area contributed by atoms with Crippen LogP contribution in [0.1, 0.15) is 23.4 Å². The lowest BCUT2D eigenvalue weighted by Crippen LogP contribution is -2.50. The number of rotatable bonds is 7. The number of amides is 2. The lowest BCUT2D eigenvalue weighted by Gasteiger charge is -2.34. The van der Waals surface area contributed by atoms with E-state index in [1.807, 2.05) is 49.1 Å². The Labute approximate surface area is 204 Å². The highest BCUT2D eigenvalue weighted by molar-refractivity contribution is 6.30. The number of halogens is 1. The predicted molar refractivity (Wildman–Crippen MR) is 133 cm³/mol. The van der Waals surface area contributed by atoms with Crippen molar-refractivity contribution in [3.8, 4) is 11.3 Å². The Kier molecular flexibility index (Phi) is 7.65. The summed E-state index contributed by atoms with van der Waals surface area (Å²) in [5.41, 5.74) is 3.98. The Bertz CT molecular complexity index is 1150. The Balaban J connectivity index is 1.20. The quantitative estimate of drug-likeness (QED) is 0.544. The second-order valence-corrected chi connectivity index (χ2v) is 9.01. The molecule has 2 aromatic carbocycles. The van der Waals surface area contributed by atoms with Crippen molar-refractivity contribution < 1.29 is 14.0 Å². The number of nitrogens with one attached hydrogen (secondary N) is 1. The average Bonchev–Trinajstić information content (AvgIpc) is 3.30. The minimum Gasteiger partial charge on any atom is -0.441 e. The van der Waals surface area contributed by atoms with Gasteiger partial charge in [0.1, 0.15) is 0 Å². The van der Waals surface area contributed by atoms with Crippen molar-refractivity contribution in [2.45, 2.75) is 26.7 Å². The molecule has 0 radical (unpaired) electrons. The molecule has 0 saturated carbocycles. The molecule has 1 aromatic heterocycles. The molecule has 1 aliphatic heterocycles. The molecular formula is C26H29ClN4O3. The minimum atomic E-state index is -0.0335. The molecule has 178 valence electrons. The van der Waals surface area contributed by atoms with Gasteiger partial charge >= 0.3 is 0 Å². The molecular weight excluding hydrogens is 452 g/mol. The first-order chi connectivity index (χ1) is 16.4. The van der Waals surface area contributed by atoms with Crippen LogP contribution >= 0.6 is 11.6 Å². The largest absolute Gasteiger partial charge is 0.441 e. The fraction of sp³-hybridized carbons (Fsp3) is 0.346. The highest BCUT2D eigenvalue weighted by atomic mass is 35.5. The topological polar surface area (TPSA) is 78.7 Å². The van der Waals surface area contributed by atoms with Gasteiger partial charge in [-0.2, -0.15) is 0 Å². The number of carbonyl (C=O) groups excluding carboxylic acids is 2. The summed E-state index contributed by atoms with van der Waals surface area (Å²) in [7, 11) is 0. The zero-order valence-corrected chi connectivity index (χ0v) is 20.3. The van der Waals surface area contributed by atoms with Gasteiger partial charge in [0, 0.05) is 55.3 Å². The van der Waals surface area contributed by atoms with E-state index in [1.54, 1.807) is 18.3 Å². The minimum absolute atomic E-state index is 0.0335. The van der Waals surface area contributed by atoms with Crippen LogP contribution < -0.4 is 5.32 Å². The van der Waals surface area contributed by atoms with Crippen LogP contribution in [0.5, 0.6) is 0 Å². The summed E-state index contributed by atoms with van der Waals surface area (Å²) in [5.74, 6) is 1.24. The lowest BCUT2D eigenvalue weighted by molar-refractivity contribution is -0.133. The summed E-state index contributed by atoms with van der Waals surface area (Å²) in [4.78, 5) is 33.4. The highest BCUT2D eigenvalue weighted by Crippen LogP contribution is 2.23. The summed E-state index contributed by atoms with van der Waals surface area (Å²) in [6, 6.07) is 13.2. The molecule has 1 N–H and O–H groups in total. The summed E-state index contributed by atoms with van der Waals surface area (Å²) >= 11 is 5.93. The molecule has 2 heterocycles. The molecule has 4 rings (SSSR count). The first-order valence-corrected chi connectivity index (χ1v) is 11.8. The van der Waals surface area contributed by atoms with E-state index < -0.39 is 0 Å². The molecule has 34 heavy (non-hydrogen) atoms. The maximum atomic E-state index is 12.7. The van der Waals surface area contributed by atoms with Gasteiger partial charge in [0.05, 0.1) is 12.7 Å². The second kappa shape index (κ2) is 10.8. The number of carbonyl (C=O) groups is 2. The number of aromatic nitrogens is 1. The van der Waals surface area contributed by atoms with Gasteiger partial charge in [0.2, 0.25) is 11.8 Å². The first-order valence-electron chi connectivity index (χ1n) is 11.5. The smallest absolute Gasteiger partial charge is 0.238 e. The molecule has 0 atom stereocenters. The molecule has 1 aliphatic rings. The number of hydrogen-bond acceptors (Lipinski definition) is 5. The van der Waals surface area contributed by atoms with E-state index in [0.29, 0.717) is 62.2 Å². The van der Waals surface area contributed by atoms with Crippen molar-refractivity contribution in [3.05, 3.63) is 70.7 Å². The van der Waals surface area contributed by atoms with E-state index in [2.05, 4.69) is 15.2 Å². The average molecular weight is 481 g/mol. The van der Waals surface area contributed by atoms with Crippen LogP contribution in [0.4, 0.5) is 5.69 Å². The van der Waals surface area contributed by atoms with Gasteiger partial charge in [-0.15, -0.1) is 0 Å². The molecule has 2 amide bonds. The molecule has 0 bridgehead atoms. The summed E-state index contributed by atoms with van der Waals surface area (Å²) in [6.07, 6.45) is 2.46. The van der Waals surface area contributed by atoms with Crippen LogP contribution in [0.15, 0.2) is 53.1 Å². The van der Waals surface area contributed by atoms with Crippen molar-refractivity contribution in [3.63, 3.8) is 0 Å². The van der Waals surface area contributed by atoms with Gasteiger partial charge < -0.3 is 14.6 Å². The third kappa shape index (κ3) is 6.04. The predicted octanol–water partition coefficient (Wildman–Crippen LogP) is 4.33. The van der Waals surface area contributed by atoms with Gasteiger partial charge in [-0.1, -0.05) is 23.7 Å².